The molecule has 0 fully saturated rings. The van der Waals surface area contributed by atoms with Crippen molar-refractivity contribution in [3.63, 3.8) is 0 Å². The molecule has 2 heterocycles. The highest BCUT2D eigenvalue weighted by Crippen LogP contribution is 2.34. The molecule has 0 unspecified atom stereocenters. The van der Waals surface area contributed by atoms with E-state index in [-0.39, 0.29) is 36.6 Å². The molecule has 0 spiro atoms. The summed E-state index contributed by atoms with van der Waals surface area (Å²) in [6.07, 6.45) is 1.38. The van der Waals surface area contributed by atoms with Gasteiger partial charge in [0.2, 0.25) is 5.91 Å². The van der Waals surface area contributed by atoms with E-state index in [0.29, 0.717) is 25.3 Å². The quantitative estimate of drug-likeness (QED) is 0.448. The number of halogens is 2. The molecule has 1 aliphatic rings. The summed E-state index contributed by atoms with van der Waals surface area (Å²) in [5.74, 6) is -1.08. The van der Waals surface area contributed by atoms with Crippen molar-refractivity contribution in [2.75, 3.05) is 26.2 Å². The van der Waals surface area contributed by atoms with Gasteiger partial charge in [0.1, 0.15) is 30.5 Å². The van der Waals surface area contributed by atoms with E-state index in [9.17, 15) is 18.4 Å². The molecule has 178 valence electrons. The van der Waals surface area contributed by atoms with Gasteiger partial charge in [0, 0.05) is 29.6 Å². The lowest BCUT2D eigenvalue weighted by atomic mass is 10.0. The molecule has 0 saturated heterocycles. The number of carbonyl (C=O) groups is 2. The lowest BCUT2D eigenvalue weighted by Crippen LogP contribution is -2.48. The average Bonchev–Trinajstić information content (AvgIpc) is 3.31. The predicted molar refractivity (Wildman–Crippen MR) is 127 cm³/mol. The average molecular weight is 485 g/mol. The standard InChI is InChI=1S/C26H26F2N2O3S/c1-2-11-29(26(32)18-5-3-6-19(27)14-18)16-25(31)30-12-9-24-22(10-13-34-24)23(30)17-33-21-8-4-7-20(28)15-21/h3-8,10,13-15,23H,2,9,11-12,16-17H2,1H3/t23-/m0/s1. The van der Waals surface area contributed by atoms with Gasteiger partial charge in [-0.3, -0.25) is 9.59 Å². The maximum Gasteiger partial charge on any atom is 0.254 e. The van der Waals surface area contributed by atoms with Gasteiger partial charge < -0.3 is 14.5 Å². The number of carbonyl (C=O) groups excluding carboxylic acids is 2. The molecule has 1 aromatic heterocycles. The number of benzene rings is 2. The molecular weight excluding hydrogens is 458 g/mol. The van der Waals surface area contributed by atoms with Crippen LogP contribution in [0.5, 0.6) is 5.75 Å². The summed E-state index contributed by atoms with van der Waals surface area (Å²) < 4.78 is 33.1. The highest BCUT2D eigenvalue weighted by molar-refractivity contribution is 7.10. The van der Waals surface area contributed by atoms with Crippen molar-refractivity contribution >= 4 is 23.2 Å². The summed E-state index contributed by atoms with van der Waals surface area (Å²) in [5, 5.41) is 1.99. The van der Waals surface area contributed by atoms with Crippen molar-refractivity contribution in [1.29, 1.82) is 0 Å². The lowest BCUT2D eigenvalue weighted by molar-refractivity contribution is -0.135. The Morgan fingerprint density at radius 3 is 2.62 bits per heavy atom. The first-order valence-electron chi connectivity index (χ1n) is 11.2. The molecule has 0 aliphatic carbocycles. The molecule has 0 saturated carbocycles. The first-order chi connectivity index (χ1) is 16.5. The van der Waals surface area contributed by atoms with Crippen LogP contribution in [0, 0.1) is 11.6 Å². The van der Waals surface area contributed by atoms with E-state index in [1.807, 2.05) is 18.4 Å². The van der Waals surface area contributed by atoms with Crippen LogP contribution in [0.2, 0.25) is 0 Å². The molecule has 2 aromatic carbocycles. The van der Waals surface area contributed by atoms with Gasteiger partial charge in [-0.15, -0.1) is 11.3 Å². The summed E-state index contributed by atoms with van der Waals surface area (Å²) in [6, 6.07) is 13.0. The number of ether oxygens (including phenoxy) is 1. The Morgan fingerprint density at radius 2 is 1.88 bits per heavy atom. The second-order valence-electron chi connectivity index (χ2n) is 8.16. The number of amides is 2. The molecule has 1 aliphatic heterocycles. The smallest absolute Gasteiger partial charge is 0.254 e. The molecule has 5 nitrogen and oxygen atoms in total. The molecule has 1 atom stereocenters. The third kappa shape index (κ3) is 5.44. The monoisotopic (exact) mass is 484 g/mol. The largest absolute Gasteiger partial charge is 0.491 e. The highest BCUT2D eigenvalue weighted by atomic mass is 32.1. The van der Waals surface area contributed by atoms with Crippen molar-refractivity contribution in [3.8, 4) is 5.75 Å². The number of hydrogen-bond acceptors (Lipinski definition) is 4. The fourth-order valence-corrected chi connectivity index (χ4v) is 5.12. The SMILES string of the molecule is CCCN(CC(=O)N1CCc2sccc2[C@@H]1COc1cccc(F)c1)C(=O)c1cccc(F)c1. The van der Waals surface area contributed by atoms with Crippen LogP contribution < -0.4 is 4.74 Å². The summed E-state index contributed by atoms with van der Waals surface area (Å²) in [6.45, 7) is 2.86. The molecule has 2 amide bonds. The number of thiophene rings is 1. The van der Waals surface area contributed by atoms with Gasteiger partial charge in [-0.2, -0.15) is 0 Å². The van der Waals surface area contributed by atoms with Crippen LogP contribution in [0.1, 0.15) is 40.2 Å². The van der Waals surface area contributed by atoms with Gasteiger partial charge in [0.25, 0.3) is 5.91 Å². The van der Waals surface area contributed by atoms with Crippen molar-refractivity contribution in [3.05, 3.63) is 87.6 Å². The molecule has 0 bridgehead atoms. The highest BCUT2D eigenvalue weighted by Gasteiger charge is 2.33. The van der Waals surface area contributed by atoms with Gasteiger partial charge in [0.05, 0.1) is 6.04 Å². The maximum absolute atomic E-state index is 13.7. The fourth-order valence-electron chi connectivity index (χ4n) is 4.19. The van der Waals surface area contributed by atoms with E-state index in [4.69, 9.17) is 4.74 Å². The third-order valence-corrected chi connectivity index (χ3v) is 6.79. The van der Waals surface area contributed by atoms with Crippen LogP contribution in [-0.2, 0) is 11.2 Å². The zero-order valence-electron chi connectivity index (χ0n) is 18.9. The molecule has 3 aromatic rings. The van der Waals surface area contributed by atoms with Crippen LogP contribution in [0.15, 0.2) is 60.0 Å². The number of hydrogen-bond donors (Lipinski definition) is 0. The Hall–Kier alpha value is -3.26. The summed E-state index contributed by atoms with van der Waals surface area (Å²) in [4.78, 5) is 30.8. The predicted octanol–water partition coefficient (Wildman–Crippen LogP) is 5.08. The van der Waals surface area contributed by atoms with Gasteiger partial charge in [-0.25, -0.2) is 8.78 Å². The summed E-state index contributed by atoms with van der Waals surface area (Å²) >= 11 is 1.64. The maximum atomic E-state index is 13.7. The first-order valence-corrected chi connectivity index (χ1v) is 12.1. The minimum Gasteiger partial charge on any atom is -0.491 e. The van der Waals surface area contributed by atoms with E-state index in [0.717, 1.165) is 12.0 Å². The van der Waals surface area contributed by atoms with Gasteiger partial charge in [-0.05, 0) is 60.2 Å². The number of rotatable bonds is 8. The normalized spacial score (nSPS) is 15.0. The third-order valence-electron chi connectivity index (χ3n) is 5.80. The number of nitrogens with zero attached hydrogens (tertiary/aromatic N) is 2. The Bertz CT molecular complexity index is 1170. The van der Waals surface area contributed by atoms with E-state index in [1.165, 1.54) is 40.1 Å². The van der Waals surface area contributed by atoms with Gasteiger partial charge in [-0.1, -0.05) is 19.1 Å². The topological polar surface area (TPSA) is 49.9 Å². The van der Waals surface area contributed by atoms with E-state index >= 15 is 0 Å². The Kier molecular flexibility index (Phi) is 7.57. The van der Waals surface area contributed by atoms with Crippen LogP contribution in [0.25, 0.3) is 0 Å². The van der Waals surface area contributed by atoms with E-state index in [1.54, 1.807) is 34.4 Å². The number of fused-ring (bicyclic) bond motifs is 1. The Labute approximate surface area is 201 Å². The second kappa shape index (κ2) is 10.8. The van der Waals surface area contributed by atoms with Crippen molar-refractivity contribution in [2.24, 2.45) is 0 Å². The van der Waals surface area contributed by atoms with Crippen molar-refractivity contribution in [1.82, 2.24) is 9.80 Å². The van der Waals surface area contributed by atoms with E-state index < -0.39 is 11.6 Å². The van der Waals surface area contributed by atoms with Crippen LogP contribution >= 0.6 is 11.3 Å². The van der Waals surface area contributed by atoms with Crippen molar-refractivity contribution < 1.29 is 23.1 Å². The van der Waals surface area contributed by atoms with Crippen LogP contribution in [0.4, 0.5) is 8.78 Å². The molecular formula is C26H26F2N2O3S. The van der Waals surface area contributed by atoms with Gasteiger partial charge in [0.15, 0.2) is 0 Å². The van der Waals surface area contributed by atoms with Gasteiger partial charge >= 0.3 is 0 Å². The van der Waals surface area contributed by atoms with Crippen LogP contribution in [0.3, 0.4) is 0 Å². The molecule has 0 N–H and O–H groups in total. The second-order valence-corrected chi connectivity index (χ2v) is 9.16. The summed E-state index contributed by atoms with van der Waals surface area (Å²) in [5.41, 5.74) is 1.23. The minimum atomic E-state index is -0.496. The Morgan fingerprint density at radius 1 is 1.12 bits per heavy atom. The zero-order valence-corrected chi connectivity index (χ0v) is 19.7. The van der Waals surface area contributed by atoms with Crippen molar-refractivity contribution in [2.45, 2.75) is 25.8 Å². The first kappa shape index (κ1) is 23.9. The lowest BCUT2D eigenvalue weighted by Gasteiger charge is -2.37. The zero-order chi connectivity index (χ0) is 24.1. The fraction of sp³-hybridized carbons (Fsp3) is 0.308. The Balaban J connectivity index is 1.52. The van der Waals surface area contributed by atoms with Crippen LogP contribution in [-0.4, -0.2) is 47.9 Å². The molecule has 34 heavy (non-hydrogen) atoms. The molecule has 8 heteroatoms. The molecule has 0 radical (unpaired) electrons. The molecule has 4 rings (SSSR count). The summed E-state index contributed by atoms with van der Waals surface area (Å²) in [7, 11) is 0. The van der Waals surface area contributed by atoms with E-state index in [2.05, 4.69) is 0 Å². The minimum absolute atomic E-state index is 0.112.